The van der Waals surface area contributed by atoms with E-state index in [-0.39, 0.29) is 11.2 Å². The number of rotatable bonds is 8. The fourth-order valence-corrected chi connectivity index (χ4v) is 3.63. The highest BCUT2D eigenvalue weighted by Gasteiger charge is 2.20. The van der Waals surface area contributed by atoms with Crippen LogP contribution in [0, 0.1) is 0 Å². The Morgan fingerprint density at radius 1 is 1.21 bits per heavy atom. The zero-order chi connectivity index (χ0) is 19.9. The second-order valence-corrected chi connectivity index (χ2v) is 7.92. The molecule has 0 bridgehead atoms. The summed E-state index contributed by atoms with van der Waals surface area (Å²) in [5.41, 5.74) is 1.97. The summed E-state index contributed by atoms with van der Waals surface area (Å²) in [4.78, 5) is 12.5. The van der Waals surface area contributed by atoms with Gasteiger partial charge in [0.05, 0.1) is 5.25 Å². The van der Waals surface area contributed by atoms with Gasteiger partial charge in [0.25, 0.3) is 0 Å². The maximum atomic E-state index is 12.5. The van der Waals surface area contributed by atoms with E-state index in [1.165, 1.54) is 11.8 Å². The normalized spacial score (nSPS) is 11.8. The van der Waals surface area contributed by atoms with Gasteiger partial charge in [-0.15, -0.1) is 16.8 Å². The summed E-state index contributed by atoms with van der Waals surface area (Å²) in [6.45, 7) is 6.73. The Hall–Kier alpha value is -2.57. The maximum Gasteiger partial charge on any atom is 0.233 e. The standard InChI is InChI=1S/C21H21ClN4OS/c1-3-13-26-19(17-9-11-18(22)12-10-17)24-25-21(26)28-15(2)20(27)23-14-16-7-5-4-6-8-16/h3-12,15H,1,13-14H2,2H3,(H,23,27). The first-order valence-corrected chi connectivity index (χ1v) is 10.1. The number of allylic oxidation sites excluding steroid dienone is 1. The molecule has 144 valence electrons. The van der Waals surface area contributed by atoms with Gasteiger partial charge < -0.3 is 5.32 Å². The van der Waals surface area contributed by atoms with Gasteiger partial charge in [0.15, 0.2) is 11.0 Å². The van der Waals surface area contributed by atoms with Crippen molar-refractivity contribution in [3.05, 3.63) is 77.8 Å². The average Bonchev–Trinajstić information content (AvgIpc) is 3.10. The highest BCUT2D eigenvalue weighted by Crippen LogP contribution is 2.27. The second kappa shape index (κ2) is 9.57. The number of amides is 1. The number of hydrogen-bond donors (Lipinski definition) is 1. The fourth-order valence-electron chi connectivity index (χ4n) is 2.62. The molecule has 3 rings (SSSR count). The van der Waals surface area contributed by atoms with E-state index in [0.717, 1.165) is 17.0 Å². The summed E-state index contributed by atoms with van der Waals surface area (Å²) in [5, 5.41) is 12.6. The van der Waals surface area contributed by atoms with Crippen LogP contribution in [0.1, 0.15) is 12.5 Å². The van der Waals surface area contributed by atoms with Crippen LogP contribution in [0.3, 0.4) is 0 Å². The van der Waals surface area contributed by atoms with E-state index in [1.54, 1.807) is 6.08 Å². The van der Waals surface area contributed by atoms with E-state index in [2.05, 4.69) is 22.1 Å². The zero-order valence-corrected chi connectivity index (χ0v) is 17.1. The molecule has 2 aromatic carbocycles. The number of nitrogens with zero attached hydrogens (tertiary/aromatic N) is 3. The molecule has 7 heteroatoms. The fraction of sp³-hybridized carbons (Fsp3) is 0.190. The molecule has 3 aromatic rings. The van der Waals surface area contributed by atoms with Gasteiger partial charge in [-0.05, 0) is 36.8 Å². The summed E-state index contributed by atoms with van der Waals surface area (Å²) in [7, 11) is 0. The Balaban J connectivity index is 1.71. The molecule has 1 aromatic heterocycles. The predicted octanol–water partition coefficient (Wildman–Crippen LogP) is 4.58. The SMILES string of the molecule is C=CCn1c(SC(C)C(=O)NCc2ccccc2)nnc1-c1ccc(Cl)cc1. The number of halogens is 1. The van der Waals surface area contributed by atoms with Crippen LogP contribution < -0.4 is 5.32 Å². The maximum absolute atomic E-state index is 12.5. The molecule has 0 aliphatic carbocycles. The number of hydrogen-bond acceptors (Lipinski definition) is 4. The third kappa shape index (κ3) is 5.03. The zero-order valence-electron chi connectivity index (χ0n) is 15.5. The van der Waals surface area contributed by atoms with Crippen LogP contribution in [0.25, 0.3) is 11.4 Å². The van der Waals surface area contributed by atoms with Crippen LogP contribution in [0.5, 0.6) is 0 Å². The molecule has 0 spiro atoms. The van der Waals surface area contributed by atoms with Crippen molar-refractivity contribution in [1.29, 1.82) is 0 Å². The van der Waals surface area contributed by atoms with Crippen molar-refractivity contribution in [3.63, 3.8) is 0 Å². The molecule has 0 aliphatic rings. The minimum Gasteiger partial charge on any atom is -0.351 e. The van der Waals surface area contributed by atoms with E-state index in [1.807, 2.05) is 66.1 Å². The minimum atomic E-state index is -0.311. The third-order valence-corrected chi connectivity index (χ3v) is 5.42. The van der Waals surface area contributed by atoms with Gasteiger partial charge in [0.1, 0.15) is 0 Å². The van der Waals surface area contributed by atoms with Crippen LogP contribution in [-0.2, 0) is 17.9 Å². The van der Waals surface area contributed by atoms with E-state index >= 15 is 0 Å². The van der Waals surface area contributed by atoms with Crippen LogP contribution in [0.15, 0.2) is 72.4 Å². The number of nitrogens with one attached hydrogen (secondary N) is 1. The van der Waals surface area contributed by atoms with E-state index < -0.39 is 0 Å². The quantitative estimate of drug-likeness (QED) is 0.434. The summed E-state index contributed by atoms with van der Waals surface area (Å²) in [6, 6.07) is 17.3. The van der Waals surface area contributed by atoms with E-state index in [4.69, 9.17) is 11.6 Å². The van der Waals surface area contributed by atoms with Crippen LogP contribution >= 0.6 is 23.4 Å². The summed E-state index contributed by atoms with van der Waals surface area (Å²) >= 11 is 7.35. The second-order valence-electron chi connectivity index (χ2n) is 6.18. The number of aromatic nitrogens is 3. The lowest BCUT2D eigenvalue weighted by molar-refractivity contribution is -0.120. The van der Waals surface area contributed by atoms with Gasteiger partial charge in [-0.3, -0.25) is 9.36 Å². The smallest absolute Gasteiger partial charge is 0.233 e. The molecule has 0 saturated carbocycles. The van der Waals surface area contributed by atoms with Crippen molar-refractivity contribution >= 4 is 29.3 Å². The van der Waals surface area contributed by atoms with Gasteiger partial charge in [0, 0.05) is 23.7 Å². The summed E-state index contributed by atoms with van der Waals surface area (Å²) in [5.74, 6) is 0.672. The summed E-state index contributed by atoms with van der Waals surface area (Å²) < 4.78 is 1.95. The van der Waals surface area contributed by atoms with Crippen molar-refractivity contribution in [2.24, 2.45) is 0 Å². The Morgan fingerprint density at radius 2 is 1.93 bits per heavy atom. The Bertz CT molecular complexity index is 941. The lowest BCUT2D eigenvalue weighted by Gasteiger charge is -2.13. The third-order valence-electron chi connectivity index (χ3n) is 4.09. The van der Waals surface area contributed by atoms with Crippen LogP contribution in [-0.4, -0.2) is 25.9 Å². The van der Waals surface area contributed by atoms with Gasteiger partial charge in [0.2, 0.25) is 5.91 Å². The first-order valence-electron chi connectivity index (χ1n) is 8.87. The van der Waals surface area contributed by atoms with Crippen molar-refractivity contribution < 1.29 is 4.79 Å². The van der Waals surface area contributed by atoms with E-state index in [9.17, 15) is 4.79 Å². The van der Waals surface area contributed by atoms with Crippen molar-refractivity contribution in [1.82, 2.24) is 20.1 Å². The molecule has 1 amide bonds. The molecule has 1 heterocycles. The number of carbonyl (C=O) groups is 1. The molecular weight excluding hydrogens is 392 g/mol. The molecule has 0 saturated heterocycles. The van der Waals surface area contributed by atoms with Crippen molar-refractivity contribution in [2.75, 3.05) is 0 Å². The molecule has 0 fully saturated rings. The molecule has 28 heavy (non-hydrogen) atoms. The van der Waals surface area contributed by atoms with Gasteiger partial charge in [-0.2, -0.15) is 0 Å². The number of benzene rings is 2. The first kappa shape index (κ1) is 20.2. The highest BCUT2D eigenvalue weighted by molar-refractivity contribution is 8.00. The lowest BCUT2D eigenvalue weighted by Crippen LogP contribution is -2.30. The van der Waals surface area contributed by atoms with Crippen LogP contribution in [0.2, 0.25) is 5.02 Å². The molecule has 0 radical (unpaired) electrons. The van der Waals surface area contributed by atoms with Gasteiger partial charge in [-0.1, -0.05) is 59.8 Å². The van der Waals surface area contributed by atoms with Crippen molar-refractivity contribution in [2.45, 2.75) is 30.4 Å². The topological polar surface area (TPSA) is 59.8 Å². The Labute approximate surface area is 173 Å². The highest BCUT2D eigenvalue weighted by atomic mass is 35.5. The molecule has 1 atom stereocenters. The molecule has 5 nitrogen and oxygen atoms in total. The average molecular weight is 413 g/mol. The van der Waals surface area contributed by atoms with Gasteiger partial charge >= 0.3 is 0 Å². The number of carbonyl (C=O) groups excluding carboxylic acids is 1. The lowest BCUT2D eigenvalue weighted by atomic mass is 10.2. The van der Waals surface area contributed by atoms with Crippen molar-refractivity contribution in [3.8, 4) is 11.4 Å². The molecule has 1 unspecified atom stereocenters. The van der Waals surface area contributed by atoms with E-state index in [0.29, 0.717) is 23.3 Å². The largest absolute Gasteiger partial charge is 0.351 e. The monoisotopic (exact) mass is 412 g/mol. The Kier molecular flexibility index (Phi) is 6.90. The first-order chi connectivity index (χ1) is 13.6. The predicted molar refractivity (Wildman–Crippen MR) is 114 cm³/mol. The summed E-state index contributed by atoms with van der Waals surface area (Å²) in [6.07, 6.45) is 1.78. The number of thioether (sulfide) groups is 1. The molecule has 0 aliphatic heterocycles. The molecular formula is C21H21ClN4OS. The van der Waals surface area contributed by atoms with Gasteiger partial charge in [-0.25, -0.2) is 0 Å². The Morgan fingerprint density at radius 3 is 2.61 bits per heavy atom. The molecule has 1 N–H and O–H groups in total. The minimum absolute atomic E-state index is 0.0463. The van der Waals surface area contributed by atoms with Crippen LogP contribution in [0.4, 0.5) is 0 Å².